The van der Waals surface area contributed by atoms with Crippen molar-refractivity contribution in [3.05, 3.63) is 58.9 Å². The van der Waals surface area contributed by atoms with Crippen LogP contribution in [0.2, 0.25) is 5.02 Å². The highest BCUT2D eigenvalue weighted by atomic mass is 35.5. The minimum absolute atomic E-state index is 0.00937. The Morgan fingerprint density at radius 1 is 1.21 bits per heavy atom. The van der Waals surface area contributed by atoms with Gasteiger partial charge >= 0.3 is 0 Å². The Balaban J connectivity index is 2.38. The van der Waals surface area contributed by atoms with Gasteiger partial charge in [-0.3, -0.25) is 0 Å². The molecule has 2 rings (SSSR count). The molecule has 0 bridgehead atoms. The van der Waals surface area contributed by atoms with Crippen molar-refractivity contribution in [1.29, 1.82) is 0 Å². The molecule has 1 atom stereocenters. The van der Waals surface area contributed by atoms with Gasteiger partial charge in [-0.05, 0) is 38.2 Å². The molecule has 100 valence electrons. The first kappa shape index (κ1) is 13.8. The van der Waals surface area contributed by atoms with Crippen molar-refractivity contribution in [3.63, 3.8) is 0 Å². The summed E-state index contributed by atoms with van der Waals surface area (Å²) in [4.78, 5) is 0. The topological polar surface area (TPSA) is 21.3 Å². The third-order valence-electron chi connectivity index (χ3n) is 2.91. The van der Waals surface area contributed by atoms with E-state index < -0.39 is 0 Å². The minimum Gasteiger partial charge on any atom is -0.454 e. The van der Waals surface area contributed by atoms with Crippen molar-refractivity contribution in [2.75, 3.05) is 7.05 Å². The van der Waals surface area contributed by atoms with Crippen LogP contribution in [0.1, 0.15) is 18.5 Å². The van der Waals surface area contributed by atoms with Crippen molar-refractivity contribution >= 4 is 11.6 Å². The molecule has 1 N–H and O–H groups in total. The fourth-order valence-electron chi connectivity index (χ4n) is 1.78. The van der Waals surface area contributed by atoms with Gasteiger partial charge in [0.2, 0.25) is 0 Å². The lowest BCUT2D eigenvalue weighted by molar-refractivity contribution is 0.428. The number of ether oxygens (including phenoxy) is 1. The first-order valence-corrected chi connectivity index (χ1v) is 6.38. The third-order valence-corrected chi connectivity index (χ3v) is 3.15. The van der Waals surface area contributed by atoms with Crippen LogP contribution in [-0.2, 0) is 0 Å². The maximum absolute atomic E-state index is 13.9. The van der Waals surface area contributed by atoms with E-state index in [1.54, 1.807) is 30.3 Å². The summed E-state index contributed by atoms with van der Waals surface area (Å²) in [6.45, 7) is 1.94. The lowest BCUT2D eigenvalue weighted by Gasteiger charge is -2.17. The Bertz CT molecular complexity index is 574. The van der Waals surface area contributed by atoms with Gasteiger partial charge in [-0.1, -0.05) is 29.8 Å². The maximum atomic E-state index is 13.9. The summed E-state index contributed by atoms with van der Waals surface area (Å²) < 4.78 is 19.6. The summed E-state index contributed by atoms with van der Waals surface area (Å²) in [5, 5.41) is 3.63. The molecule has 0 aliphatic carbocycles. The van der Waals surface area contributed by atoms with Gasteiger partial charge in [0.05, 0.1) is 0 Å². The molecule has 0 heterocycles. The second-order valence-electron chi connectivity index (χ2n) is 4.23. The number of hydrogen-bond acceptors (Lipinski definition) is 2. The van der Waals surface area contributed by atoms with E-state index in [1.165, 1.54) is 6.07 Å². The second kappa shape index (κ2) is 6.04. The number of benzene rings is 2. The largest absolute Gasteiger partial charge is 0.454 e. The highest BCUT2D eigenvalue weighted by Gasteiger charge is 2.15. The maximum Gasteiger partial charge on any atom is 0.167 e. The number of hydrogen-bond donors (Lipinski definition) is 1. The van der Waals surface area contributed by atoms with E-state index >= 15 is 0 Å². The standard InChI is InChI=1S/C15H15ClFNO/c1-10(18-2)13-7-4-8-14(17)15(13)19-12-6-3-5-11(16)9-12/h3-10,18H,1-2H3. The normalized spacial score (nSPS) is 12.2. The molecule has 4 heteroatoms. The van der Waals surface area contributed by atoms with Crippen molar-refractivity contribution in [2.45, 2.75) is 13.0 Å². The Kier molecular flexibility index (Phi) is 4.40. The summed E-state index contributed by atoms with van der Waals surface area (Å²) in [6, 6.07) is 11.8. The molecule has 2 aromatic rings. The molecule has 0 radical (unpaired) electrons. The van der Waals surface area contributed by atoms with Crippen molar-refractivity contribution in [3.8, 4) is 11.5 Å². The molecule has 19 heavy (non-hydrogen) atoms. The summed E-state index contributed by atoms with van der Waals surface area (Å²) in [7, 11) is 1.82. The Morgan fingerprint density at radius 2 is 1.95 bits per heavy atom. The monoisotopic (exact) mass is 279 g/mol. The first-order chi connectivity index (χ1) is 9.11. The van der Waals surface area contributed by atoms with E-state index in [1.807, 2.05) is 20.0 Å². The molecule has 0 aromatic heterocycles. The van der Waals surface area contributed by atoms with Crippen LogP contribution in [0.3, 0.4) is 0 Å². The highest BCUT2D eigenvalue weighted by molar-refractivity contribution is 6.30. The molecule has 1 unspecified atom stereocenters. The summed E-state index contributed by atoms with van der Waals surface area (Å²) in [6.07, 6.45) is 0. The van der Waals surface area contributed by atoms with E-state index in [-0.39, 0.29) is 17.6 Å². The van der Waals surface area contributed by atoms with Crippen LogP contribution in [0.25, 0.3) is 0 Å². The van der Waals surface area contributed by atoms with Crippen LogP contribution in [0.5, 0.6) is 11.5 Å². The van der Waals surface area contributed by atoms with E-state index in [0.717, 1.165) is 5.56 Å². The third kappa shape index (κ3) is 3.25. The Labute approximate surface area is 117 Å². The van der Waals surface area contributed by atoms with Crippen LogP contribution in [0.15, 0.2) is 42.5 Å². The van der Waals surface area contributed by atoms with Crippen molar-refractivity contribution < 1.29 is 9.13 Å². The summed E-state index contributed by atoms with van der Waals surface area (Å²) in [5.41, 5.74) is 0.766. The molecule has 0 aliphatic rings. The van der Waals surface area contributed by atoms with E-state index in [0.29, 0.717) is 10.8 Å². The fourth-order valence-corrected chi connectivity index (χ4v) is 1.96. The SMILES string of the molecule is CNC(C)c1cccc(F)c1Oc1cccc(Cl)c1. The van der Waals surface area contributed by atoms with Crippen molar-refractivity contribution in [2.24, 2.45) is 0 Å². The first-order valence-electron chi connectivity index (χ1n) is 6.01. The lowest BCUT2D eigenvalue weighted by Crippen LogP contribution is -2.13. The van der Waals surface area contributed by atoms with Crippen LogP contribution in [0, 0.1) is 5.82 Å². The van der Waals surface area contributed by atoms with Crippen LogP contribution < -0.4 is 10.1 Å². The van der Waals surface area contributed by atoms with Crippen LogP contribution in [0.4, 0.5) is 4.39 Å². The average Bonchev–Trinajstić information content (AvgIpc) is 2.40. The zero-order chi connectivity index (χ0) is 13.8. The summed E-state index contributed by atoms with van der Waals surface area (Å²) >= 11 is 5.89. The molecule has 2 aromatic carbocycles. The average molecular weight is 280 g/mol. The van der Waals surface area contributed by atoms with Gasteiger partial charge in [-0.2, -0.15) is 0 Å². The molecule has 0 spiro atoms. The van der Waals surface area contributed by atoms with Gasteiger partial charge in [0.15, 0.2) is 11.6 Å². The smallest absolute Gasteiger partial charge is 0.167 e. The fraction of sp³-hybridized carbons (Fsp3) is 0.200. The molecule has 0 aliphatic heterocycles. The molecular weight excluding hydrogens is 265 g/mol. The van der Waals surface area contributed by atoms with Gasteiger partial charge < -0.3 is 10.1 Å². The minimum atomic E-state index is -0.389. The molecular formula is C15H15ClFNO. The molecule has 0 amide bonds. The predicted octanol–water partition coefficient (Wildman–Crippen LogP) is 4.55. The van der Waals surface area contributed by atoms with Gasteiger partial charge in [0.25, 0.3) is 0 Å². The van der Waals surface area contributed by atoms with Crippen molar-refractivity contribution in [1.82, 2.24) is 5.32 Å². The van der Waals surface area contributed by atoms with Gasteiger partial charge in [-0.25, -0.2) is 4.39 Å². The number of nitrogens with one attached hydrogen (secondary N) is 1. The number of halogens is 2. The molecule has 0 fully saturated rings. The van der Waals surface area contributed by atoms with Gasteiger partial charge in [0, 0.05) is 16.6 Å². The Morgan fingerprint density at radius 3 is 2.63 bits per heavy atom. The highest BCUT2D eigenvalue weighted by Crippen LogP contribution is 2.32. The van der Waals surface area contributed by atoms with E-state index in [9.17, 15) is 4.39 Å². The quantitative estimate of drug-likeness (QED) is 0.886. The zero-order valence-corrected chi connectivity index (χ0v) is 11.5. The molecule has 0 saturated carbocycles. The van der Waals surface area contributed by atoms with Gasteiger partial charge in [-0.15, -0.1) is 0 Å². The zero-order valence-electron chi connectivity index (χ0n) is 10.8. The predicted molar refractivity (Wildman–Crippen MR) is 75.4 cm³/mol. The van der Waals surface area contributed by atoms with Gasteiger partial charge in [0.1, 0.15) is 5.75 Å². The van der Waals surface area contributed by atoms with Crippen LogP contribution in [-0.4, -0.2) is 7.05 Å². The lowest BCUT2D eigenvalue weighted by atomic mass is 10.1. The Hall–Kier alpha value is -1.58. The molecule has 2 nitrogen and oxygen atoms in total. The summed E-state index contributed by atoms with van der Waals surface area (Å²) in [5.74, 6) is 0.355. The second-order valence-corrected chi connectivity index (χ2v) is 4.66. The van der Waals surface area contributed by atoms with E-state index in [2.05, 4.69) is 5.32 Å². The number of para-hydroxylation sites is 1. The molecule has 0 saturated heterocycles. The number of rotatable bonds is 4. The van der Waals surface area contributed by atoms with E-state index in [4.69, 9.17) is 16.3 Å². The van der Waals surface area contributed by atoms with Crippen LogP contribution >= 0.6 is 11.6 Å².